The van der Waals surface area contributed by atoms with Crippen LogP contribution in [0.25, 0.3) is 5.65 Å². The largest absolute Gasteiger partial charge is 0.410 e. The van der Waals surface area contributed by atoms with Crippen molar-refractivity contribution >= 4 is 17.6 Å². The highest BCUT2D eigenvalue weighted by Crippen LogP contribution is 2.52. The van der Waals surface area contributed by atoms with Crippen molar-refractivity contribution < 1.29 is 40.5 Å². The van der Waals surface area contributed by atoms with Crippen LogP contribution in [-0.2, 0) is 12.2 Å². The van der Waals surface area contributed by atoms with E-state index >= 15 is 4.39 Å². The van der Waals surface area contributed by atoms with Crippen LogP contribution in [0.15, 0.2) is 23.0 Å². The first-order valence-electron chi connectivity index (χ1n) is 13.1. The molecule has 1 aliphatic heterocycles. The van der Waals surface area contributed by atoms with Crippen LogP contribution in [0.4, 0.5) is 31.1 Å². The fourth-order valence-electron chi connectivity index (χ4n) is 5.69. The number of fused-ring (bicyclic) bond motifs is 1. The van der Waals surface area contributed by atoms with Crippen LogP contribution in [0.2, 0.25) is 0 Å². The molecule has 1 saturated heterocycles. The molecule has 220 valence electrons. The van der Waals surface area contributed by atoms with Gasteiger partial charge in [-0.1, -0.05) is 5.16 Å². The van der Waals surface area contributed by atoms with Crippen LogP contribution >= 0.6 is 0 Å². The van der Waals surface area contributed by atoms with Gasteiger partial charge in [0.05, 0.1) is 30.6 Å². The standard InChI is InChI=1S/C25H25F6N7O3/c26-23(5-6-23)20-18(21(32)39)19(41-36-20)17(13-1-3-24(27,28)4-2-13)14-10-38-16(34-14)7-12(8-33-38)9-37-11-15(25(29,30)31)35-22(37)40/h7-8,10,13,15,17H,1-6,9,11H2,(H2,32,39)(H,35,40)/t15-,17-/m0/s1. The smallest absolute Gasteiger partial charge is 0.365 e. The van der Waals surface area contributed by atoms with E-state index in [1.54, 1.807) is 0 Å². The number of hydrogen-bond donors (Lipinski definition) is 2. The van der Waals surface area contributed by atoms with Crippen LogP contribution in [-0.4, -0.2) is 61.3 Å². The number of rotatable bonds is 7. The Kier molecular flexibility index (Phi) is 6.23. The maximum atomic E-state index is 15.0. The first-order valence-corrected chi connectivity index (χ1v) is 13.1. The maximum absolute atomic E-state index is 15.0. The molecule has 2 saturated carbocycles. The third-order valence-electron chi connectivity index (χ3n) is 8.06. The molecule has 6 rings (SSSR count). The number of nitrogens with zero attached hydrogens (tertiary/aromatic N) is 5. The highest BCUT2D eigenvalue weighted by molar-refractivity contribution is 5.95. The van der Waals surface area contributed by atoms with Crippen LogP contribution in [0.5, 0.6) is 0 Å². The van der Waals surface area contributed by atoms with Gasteiger partial charge >= 0.3 is 12.2 Å². The number of nitrogens with two attached hydrogens (primary N) is 1. The summed E-state index contributed by atoms with van der Waals surface area (Å²) in [6, 6.07) is -1.33. The average Bonchev–Trinajstić information content (AvgIpc) is 3.23. The van der Waals surface area contributed by atoms with E-state index in [0.717, 1.165) is 4.90 Å². The third-order valence-corrected chi connectivity index (χ3v) is 8.06. The molecule has 3 amide bonds. The fourth-order valence-corrected chi connectivity index (χ4v) is 5.69. The number of halogens is 6. The molecule has 3 fully saturated rings. The number of urea groups is 1. The molecule has 3 aromatic rings. The highest BCUT2D eigenvalue weighted by atomic mass is 19.4. The van der Waals surface area contributed by atoms with E-state index in [9.17, 15) is 31.5 Å². The first-order chi connectivity index (χ1) is 19.2. The van der Waals surface area contributed by atoms with Crippen molar-refractivity contribution in [2.45, 2.75) is 74.8 Å². The van der Waals surface area contributed by atoms with Crippen molar-refractivity contribution in [1.82, 2.24) is 30.0 Å². The molecule has 16 heteroatoms. The molecular weight excluding hydrogens is 560 g/mol. The second kappa shape index (κ2) is 9.34. The second-order valence-electron chi connectivity index (χ2n) is 11.0. The summed E-state index contributed by atoms with van der Waals surface area (Å²) in [6.45, 7) is -0.734. The Morgan fingerprint density at radius 2 is 1.90 bits per heavy atom. The molecule has 0 aromatic carbocycles. The van der Waals surface area contributed by atoms with Gasteiger partial charge < -0.3 is 20.5 Å². The Balaban J connectivity index is 1.34. The van der Waals surface area contributed by atoms with E-state index in [4.69, 9.17) is 10.3 Å². The van der Waals surface area contributed by atoms with Gasteiger partial charge in [-0.15, -0.1) is 0 Å². The van der Waals surface area contributed by atoms with Gasteiger partial charge in [0.2, 0.25) is 5.92 Å². The predicted molar refractivity (Wildman–Crippen MR) is 128 cm³/mol. The lowest BCUT2D eigenvalue weighted by Gasteiger charge is -2.32. The maximum Gasteiger partial charge on any atom is 0.410 e. The van der Waals surface area contributed by atoms with E-state index in [1.165, 1.54) is 23.0 Å². The highest BCUT2D eigenvalue weighted by Gasteiger charge is 2.52. The van der Waals surface area contributed by atoms with Crippen molar-refractivity contribution in [1.29, 1.82) is 0 Å². The van der Waals surface area contributed by atoms with Gasteiger partial charge in [-0.05, 0) is 43.2 Å². The van der Waals surface area contributed by atoms with Crippen LogP contribution in [0, 0.1) is 5.92 Å². The van der Waals surface area contributed by atoms with Gasteiger partial charge in [0.1, 0.15) is 17.3 Å². The fraction of sp³-hybridized carbons (Fsp3) is 0.560. The number of aromatic nitrogens is 4. The summed E-state index contributed by atoms with van der Waals surface area (Å²) in [7, 11) is 0. The normalized spacial score (nSPS) is 23.1. The summed E-state index contributed by atoms with van der Waals surface area (Å²) in [4.78, 5) is 30.1. The van der Waals surface area contributed by atoms with Crippen LogP contribution < -0.4 is 11.1 Å². The summed E-state index contributed by atoms with van der Waals surface area (Å²) in [6.07, 6.45) is -2.12. The minimum Gasteiger partial charge on any atom is -0.365 e. The van der Waals surface area contributed by atoms with E-state index in [0.29, 0.717) is 5.56 Å². The Hall–Kier alpha value is -3.85. The average molecular weight is 586 g/mol. The van der Waals surface area contributed by atoms with Gasteiger partial charge in [-0.2, -0.15) is 18.3 Å². The van der Waals surface area contributed by atoms with Gasteiger partial charge in [0.15, 0.2) is 17.1 Å². The Labute approximate surface area is 228 Å². The zero-order valence-electron chi connectivity index (χ0n) is 21.4. The Morgan fingerprint density at radius 3 is 2.51 bits per heavy atom. The molecule has 41 heavy (non-hydrogen) atoms. The number of primary amides is 1. The van der Waals surface area contributed by atoms with E-state index in [2.05, 4.69) is 15.2 Å². The van der Waals surface area contributed by atoms with Gasteiger partial charge in [0, 0.05) is 19.4 Å². The molecule has 0 spiro atoms. The van der Waals surface area contributed by atoms with E-state index < -0.39 is 67.0 Å². The monoisotopic (exact) mass is 585 g/mol. The van der Waals surface area contributed by atoms with Gasteiger partial charge in [-0.25, -0.2) is 27.5 Å². The summed E-state index contributed by atoms with van der Waals surface area (Å²) in [5.41, 5.74) is 4.27. The number of nitrogens with one attached hydrogen (secondary N) is 1. The SMILES string of the molecule is NC(=O)c1c(C2(F)CC2)noc1[C@H](c1cn2ncc(CN3C[C@@H](C(F)(F)F)NC3=O)cc2n1)C1CCC(F)(F)CC1. The van der Waals surface area contributed by atoms with Crippen LogP contribution in [0.3, 0.4) is 0 Å². The number of carbonyl (C=O) groups is 2. The van der Waals surface area contributed by atoms with Gasteiger partial charge in [0.25, 0.3) is 5.91 Å². The number of hydrogen-bond acceptors (Lipinski definition) is 6. The zero-order chi connectivity index (χ0) is 29.3. The first kappa shape index (κ1) is 27.3. The van der Waals surface area contributed by atoms with Crippen molar-refractivity contribution in [2.24, 2.45) is 11.7 Å². The molecule has 0 bridgehead atoms. The summed E-state index contributed by atoms with van der Waals surface area (Å²) >= 11 is 0. The number of amides is 3. The summed E-state index contributed by atoms with van der Waals surface area (Å²) < 4.78 is 89.1. The molecule has 0 radical (unpaired) electrons. The van der Waals surface area contributed by atoms with E-state index in [1.807, 2.05) is 5.32 Å². The van der Waals surface area contributed by atoms with Crippen LogP contribution in [0.1, 0.15) is 77.5 Å². The molecule has 3 aliphatic rings. The third kappa shape index (κ3) is 5.07. The van der Waals surface area contributed by atoms with Crippen molar-refractivity contribution in [3.8, 4) is 0 Å². The second-order valence-corrected chi connectivity index (χ2v) is 11.0. The quantitative estimate of drug-likeness (QED) is 0.400. The number of carbonyl (C=O) groups excluding carboxylic acids is 2. The lowest BCUT2D eigenvalue weighted by Crippen LogP contribution is -2.40. The van der Waals surface area contributed by atoms with Gasteiger partial charge in [-0.3, -0.25) is 4.79 Å². The molecule has 0 unspecified atom stereocenters. The zero-order valence-corrected chi connectivity index (χ0v) is 21.4. The number of imidazole rings is 1. The van der Waals surface area contributed by atoms with Crippen molar-refractivity contribution in [3.63, 3.8) is 0 Å². The van der Waals surface area contributed by atoms with Crippen molar-refractivity contribution in [3.05, 3.63) is 46.7 Å². The lowest BCUT2D eigenvalue weighted by molar-refractivity contribution is -0.149. The minimum atomic E-state index is -4.59. The minimum absolute atomic E-state index is 0.0535. The number of alkyl halides is 6. The summed E-state index contributed by atoms with van der Waals surface area (Å²) in [5, 5.41) is 9.97. The van der Waals surface area contributed by atoms with E-state index in [-0.39, 0.29) is 60.6 Å². The molecule has 2 atom stereocenters. The Bertz CT molecular complexity index is 1500. The lowest BCUT2D eigenvalue weighted by atomic mass is 9.75. The molecule has 3 aromatic heterocycles. The molecular formula is C25H25F6N7O3. The summed E-state index contributed by atoms with van der Waals surface area (Å²) in [5.74, 6) is -5.21. The molecule has 3 N–H and O–H groups in total. The van der Waals surface area contributed by atoms with Crippen molar-refractivity contribution in [2.75, 3.05) is 6.54 Å². The molecule has 4 heterocycles. The molecule has 2 aliphatic carbocycles. The Morgan fingerprint density at radius 1 is 1.20 bits per heavy atom. The molecule has 10 nitrogen and oxygen atoms in total. The predicted octanol–water partition coefficient (Wildman–Crippen LogP) is 4.19. The topological polar surface area (TPSA) is 132 Å².